The van der Waals surface area contributed by atoms with Crippen molar-refractivity contribution in [3.05, 3.63) is 0 Å². The predicted octanol–water partition coefficient (Wildman–Crippen LogP) is 0.829. The van der Waals surface area contributed by atoms with Gasteiger partial charge in [0.1, 0.15) is 0 Å². The Balaban J connectivity index is 1.68. The number of nitrogens with two attached hydrogens (primary N) is 1. The zero-order chi connectivity index (χ0) is 13.3. The highest BCUT2D eigenvalue weighted by Crippen LogP contribution is 2.40. The summed E-state index contributed by atoms with van der Waals surface area (Å²) in [6.45, 7) is 5.43. The lowest BCUT2D eigenvalue weighted by Gasteiger charge is -2.42. The Hall–Kier alpha value is -0.200. The summed E-state index contributed by atoms with van der Waals surface area (Å²) in [5.74, 6) is 6.94. The van der Waals surface area contributed by atoms with Gasteiger partial charge >= 0.3 is 0 Å². The molecular formula is C14H26N2O3. The second-order valence-electron chi connectivity index (χ2n) is 6.31. The third kappa shape index (κ3) is 2.67. The van der Waals surface area contributed by atoms with Crippen LogP contribution in [0.15, 0.2) is 0 Å². The van der Waals surface area contributed by atoms with Crippen LogP contribution in [0.25, 0.3) is 0 Å². The molecule has 3 aliphatic heterocycles. The molecule has 5 heteroatoms. The average Bonchev–Trinajstić information content (AvgIpc) is 3.02. The van der Waals surface area contributed by atoms with Crippen LogP contribution in [0.1, 0.15) is 32.6 Å². The van der Waals surface area contributed by atoms with Gasteiger partial charge in [0.2, 0.25) is 0 Å². The van der Waals surface area contributed by atoms with E-state index in [1.54, 1.807) is 0 Å². The van der Waals surface area contributed by atoms with Gasteiger partial charge in [-0.15, -0.1) is 0 Å². The zero-order valence-corrected chi connectivity index (χ0v) is 11.8. The molecule has 0 aromatic carbocycles. The van der Waals surface area contributed by atoms with Gasteiger partial charge in [-0.3, -0.25) is 11.3 Å². The fourth-order valence-corrected chi connectivity index (χ4v) is 4.06. The highest BCUT2D eigenvalue weighted by atomic mass is 16.6. The molecule has 3 rings (SSSR count). The van der Waals surface area contributed by atoms with Gasteiger partial charge < -0.3 is 14.2 Å². The van der Waals surface area contributed by atoms with Crippen molar-refractivity contribution in [2.75, 3.05) is 26.4 Å². The first kappa shape index (κ1) is 13.8. The molecule has 3 heterocycles. The van der Waals surface area contributed by atoms with Gasteiger partial charge in [0, 0.05) is 38.2 Å². The Kier molecular flexibility index (Phi) is 4.10. The number of hydrazine groups is 1. The van der Waals surface area contributed by atoms with Crippen LogP contribution in [0.5, 0.6) is 0 Å². The van der Waals surface area contributed by atoms with E-state index in [0.717, 1.165) is 52.1 Å². The van der Waals surface area contributed by atoms with Gasteiger partial charge in [0.25, 0.3) is 0 Å². The lowest BCUT2D eigenvalue weighted by Crippen LogP contribution is -2.53. The minimum absolute atomic E-state index is 0.0410. The van der Waals surface area contributed by atoms with Crippen molar-refractivity contribution in [1.29, 1.82) is 0 Å². The van der Waals surface area contributed by atoms with Crippen LogP contribution in [-0.2, 0) is 14.2 Å². The summed E-state index contributed by atoms with van der Waals surface area (Å²) < 4.78 is 17.3. The minimum atomic E-state index is -0.0410. The van der Waals surface area contributed by atoms with E-state index >= 15 is 0 Å². The Morgan fingerprint density at radius 2 is 2.16 bits per heavy atom. The van der Waals surface area contributed by atoms with E-state index in [9.17, 15) is 0 Å². The Bertz CT molecular complexity index is 307. The second-order valence-corrected chi connectivity index (χ2v) is 6.31. The van der Waals surface area contributed by atoms with E-state index < -0.39 is 0 Å². The first-order chi connectivity index (χ1) is 9.24. The van der Waals surface area contributed by atoms with Crippen LogP contribution in [0.4, 0.5) is 0 Å². The number of ether oxygens (including phenoxy) is 3. The lowest BCUT2D eigenvalue weighted by atomic mass is 9.75. The summed E-state index contributed by atoms with van der Waals surface area (Å²) in [5.41, 5.74) is 3.03. The standard InChI is InChI=1S/C14H26N2O3/c1-10-12(3-5-18-10)13(16-15)11-2-6-19-14(8-11)4-7-17-9-14/h10-13,16H,2-9,15H2,1H3. The molecule has 0 aromatic rings. The van der Waals surface area contributed by atoms with Crippen molar-refractivity contribution >= 4 is 0 Å². The molecule has 5 atom stereocenters. The van der Waals surface area contributed by atoms with E-state index in [4.69, 9.17) is 20.1 Å². The maximum Gasteiger partial charge on any atom is 0.0939 e. The fourth-order valence-electron chi connectivity index (χ4n) is 4.06. The second kappa shape index (κ2) is 5.66. The largest absolute Gasteiger partial charge is 0.378 e. The summed E-state index contributed by atoms with van der Waals surface area (Å²) >= 11 is 0. The third-order valence-corrected chi connectivity index (χ3v) is 5.19. The van der Waals surface area contributed by atoms with Crippen LogP contribution in [0.3, 0.4) is 0 Å². The SMILES string of the molecule is CC1OCCC1C(NN)C1CCOC2(CCOC2)C1. The number of nitrogens with one attached hydrogen (secondary N) is 1. The summed E-state index contributed by atoms with van der Waals surface area (Å²) in [6, 6.07) is 0.332. The highest BCUT2D eigenvalue weighted by molar-refractivity contribution is 4.96. The first-order valence-electron chi connectivity index (χ1n) is 7.53. The predicted molar refractivity (Wildman–Crippen MR) is 71.5 cm³/mol. The van der Waals surface area contributed by atoms with E-state index in [-0.39, 0.29) is 5.60 Å². The molecule has 5 nitrogen and oxygen atoms in total. The molecule has 0 aliphatic carbocycles. The minimum Gasteiger partial charge on any atom is -0.378 e. The molecule has 0 amide bonds. The summed E-state index contributed by atoms with van der Waals surface area (Å²) in [6.07, 6.45) is 4.58. The first-order valence-corrected chi connectivity index (χ1v) is 7.53. The van der Waals surface area contributed by atoms with Crippen LogP contribution in [0.2, 0.25) is 0 Å². The molecule has 0 aromatic heterocycles. The molecule has 3 N–H and O–H groups in total. The number of rotatable bonds is 3. The van der Waals surface area contributed by atoms with E-state index in [1.807, 2.05) is 0 Å². The third-order valence-electron chi connectivity index (χ3n) is 5.19. The van der Waals surface area contributed by atoms with E-state index in [2.05, 4.69) is 12.3 Å². The van der Waals surface area contributed by atoms with Crippen LogP contribution >= 0.6 is 0 Å². The number of hydrogen-bond donors (Lipinski definition) is 2. The summed E-state index contributed by atoms with van der Waals surface area (Å²) in [5, 5.41) is 0. The lowest BCUT2D eigenvalue weighted by molar-refractivity contribution is -0.107. The molecule has 3 aliphatic rings. The molecule has 5 unspecified atom stereocenters. The Morgan fingerprint density at radius 1 is 1.26 bits per heavy atom. The molecule has 3 fully saturated rings. The van der Waals surface area contributed by atoms with E-state index in [0.29, 0.717) is 24.0 Å². The maximum atomic E-state index is 6.02. The Labute approximate surface area is 115 Å². The van der Waals surface area contributed by atoms with Gasteiger partial charge in [-0.2, -0.15) is 0 Å². The molecule has 110 valence electrons. The van der Waals surface area contributed by atoms with Crippen molar-refractivity contribution in [2.24, 2.45) is 17.7 Å². The topological polar surface area (TPSA) is 65.7 Å². The maximum absolute atomic E-state index is 6.02. The van der Waals surface area contributed by atoms with Crippen LogP contribution in [0, 0.1) is 11.8 Å². The Morgan fingerprint density at radius 3 is 2.79 bits per heavy atom. The normalized spacial score (nSPS) is 44.8. The molecule has 1 spiro atoms. The summed E-state index contributed by atoms with van der Waals surface area (Å²) in [7, 11) is 0. The van der Waals surface area contributed by atoms with Gasteiger partial charge in [-0.25, -0.2) is 0 Å². The smallest absolute Gasteiger partial charge is 0.0939 e. The highest BCUT2D eigenvalue weighted by Gasteiger charge is 2.45. The summed E-state index contributed by atoms with van der Waals surface area (Å²) in [4.78, 5) is 0. The molecule has 0 radical (unpaired) electrons. The average molecular weight is 270 g/mol. The van der Waals surface area contributed by atoms with Crippen molar-refractivity contribution < 1.29 is 14.2 Å². The van der Waals surface area contributed by atoms with Crippen molar-refractivity contribution in [3.63, 3.8) is 0 Å². The van der Waals surface area contributed by atoms with Crippen molar-refractivity contribution in [2.45, 2.75) is 50.4 Å². The van der Waals surface area contributed by atoms with Gasteiger partial charge in [-0.05, 0) is 32.1 Å². The van der Waals surface area contributed by atoms with Crippen molar-refractivity contribution in [1.82, 2.24) is 5.43 Å². The van der Waals surface area contributed by atoms with Crippen LogP contribution in [-0.4, -0.2) is 44.2 Å². The number of hydrogen-bond acceptors (Lipinski definition) is 5. The quantitative estimate of drug-likeness (QED) is 0.587. The van der Waals surface area contributed by atoms with Gasteiger partial charge in [0.05, 0.1) is 18.3 Å². The molecule has 0 bridgehead atoms. The van der Waals surface area contributed by atoms with E-state index in [1.165, 1.54) is 0 Å². The van der Waals surface area contributed by atoms with Crippen molar-refractivity contribution in [3.8, 4) is 0 Å². The molecule has 0 saturated carbocycles. The van der Waals surface area contributed by atoms with Crippen LogP contribution < -0.4 is 11.3 Å². The molecular weight excluding hydrogens is 244 g/mol. The zero-order valence-electron chi connectivity index (χ0n) is 11.8. The molecule has 19 heavy (non-hydrogen) atoms. The molecule has 3 saturated heterocycles. The fraction of sp³-hybridized carbons (Fsp3) is 1.00. The monoisotopic (exact) mass is 270 g/mol. The van der Waals surface area contributed by atoms with Gasteiger partial charge in [0.15, 0.2) is 0 Å². The van der Waals surface area contributed by atoms with Gasteiger partial charge in [-0.1, -0.05) is 0 Å².